The molecule has 2 fully saturated rings. The van der Waals surface area contributed by atoms with Gasteiger partial charge in [0.2, 0.25) is 5.91 Å². The summed E-state index contributed by atoms with van der Waals surface area (Å²) in [6.07, 6.45) is 6.73. The average Bonchev–Trinajstić information content (AvgIpc) is 2.75. The normalized spacial score (nSPS) is 28.7. The fourth-order valence-corrected chi connectivity index (χ4v) is 3.60. The quantitative estimate of drug-likeness (QED) is 0.883. The second kappa shape index (κ2) is 4.99. The maximum atomic E-state index is 12.7. The number of amides is 1. The van der Waals surface area contributed by atoms with Gasteiger partial charge < -0.3 is 5.32 Å². The van der Waals surface area contributed by atoms with Crippen LogP contribution in [0.2, 0.25) is 0 Å². The second-order valence-electron chi connectivity index (χ2n) is 6.39. The lowest BCUT2D eigenvalue weighted by atomic mass is 9.63. The molecule has 102 valence electrons. The van der Waals surface area contributed by atoms with Gasteiger partial charge in [-0.3, -0.25) is 4.79 Å². The van der Waals surface area contributed by atoms with E-state index in [9.17, 15) is 4.79 Å². The minimum absolute atomic E-state index is 0.229. The van der Waals surface area contributed by atoms with E-state index in [1.807, 2.05) is 18.2 Å². The molecule has 2 heteroatoms. The number of hydrogen-bond acceptors (Lipinski definition) is 1. The summed E-state index contributed by atoms with van der Waals surface area (Å²) in [5, 5.41) is 3.31. The van der Waals surface area contributed by atoms with Crippen LogP contribution in [-0.4, -0.2) is 11.9 Å². The third kappa shape index (κ3) is 2.29. The molecule has 2 aliphatic carbocycles. The van der Waals surface area contributed by atoms with Crippen molar-refractivity contribution in [1.29, 1.82) is 0 Å². The zero-order valence-electron chi connectivity index (χ0n) is 11.7. The van der Waals surface area contributed by atoms with E-state index in [4.69, 9.17) is 0 Å². The van der Waals surface area contributed by atoms with E-state index in [0.717, 1.165) is 31.6 Å². The standard InChI is InChI=1S/C17H23NO/c1-13-8-9-15(12-13)18-16(19)17(10-5-11-17)14-6-3-2-4-7-14/h2-4,6-7,13,15H,5,8-12H2,1H3,(H,18,19). The number of nitrogens with one attached hydrogen (secondary N) is 1. The number of hydrogen-bond donors (Lipinski definition) is 1. The summed E-state index contributed by atoms with van der Waals surface area (Å²) >= 11 is 0. The SMILES string of the molecule is CC1CCC(NC(=O)C2(c3ccccc3)CCC2)C1. The molecule has 1 aromatic rings. The summed E-state index contributed by atoms with van der Waals surface area (Å²) in [5.74, 6) is 1.03. The zero-order chi connectivity index (χ0) is 13.3. The number of benzene rings is 1. The Labute approximate surface area is 115 Å². The highest BCUT2D eigenvalue weighted by molar-refractivity contribution is 5.89. The summed E-state index contributed by atoms with van der Waals surface area (Å²) in [7, 11) is 0. The lowest BCUT2D eigenvalue weighted by molar-refractivity contribution is -0.130. The highest BCUT2D eigenvalue weighted by Crippen LogP contribution is 2.44. The summed E-state index contributed by atoms with van der Waals surface area (Å²) in [6, 6.07) is 10.7. The molecule has 0 heterocycles. The molecule has 19 heavy (non-hydrogen) atoms. The first kappa shape index (κ1) is 12.7. The van der Waals surface area contributed by atoms with Gasteiger partial charge in [-0.15, -0.1) is 0 Å². The Hall–Kier alpha value is -1.31. The highest BCUT2D eigenvalue weighted by atomic mass is 16.2. The summed E-state index contributed by atoms with van der Waals surface area (Å²) < 4.78 is 0. The van der Waals surface area contributed by atoms with E-state index in [0.29, 0.717) is 6.04 Å². The van der Waals surface area contributed by atoms with Crippen LogP contribution >= 0.6 is 0 Å². The molecule has 2 atom stereocenters. The van der Waals surface area contributed by atoms with Gasteiger partial charge in [0.05, 0.1) is 5.41 Å². The smallest absolute Gasteiger partial charge is 0.230 e. The Balaban J connectivity index is 1.73. The molecule has 2 nitrogen and oxygen atoms in total. The van der Waals surface area contributed by atoms with Crippen LogP contribution in [0.1, 0.15) is 51.0 Å². The van der Waals surface area contributed by atoms with Crippen molar-refractivity contribution in [3.05, 3.63) is 35.9 Å². The summed E-state index contributed by atoms with van der Waals surface area (Å²) in [5.41, 5.74) is 0.970. The average molecular weight is 257 g/mol. The molecule has 1 N–H and O–H groups in total. The van der Waals surface area contributed by atoms with Gasteiger partial charge in [0.15, 0.2) is 0 Å². The Morgan fingerprint density at radius 1 is 1.21 bits per heavy atom. The molecule has 3 rings (SSSR count). The Morgan fingerprint density at radius 3 is 2.47 bits per heavy atom. The molecule has 0 aromatic heterocycles. The third-order valence-corrected chi connectivity index (χ3v) is 5.00. The third-order valence-electron chi connectivity index (χ3n) is 5.00. The van der Waals surface area contributed by atoms with Gasteiger partial charge in [-0.2, -0.15) is 0 Å². The maximum absolute atomic E-state index is 12.7. The number of carbonyl (C=O) groups is 1. The molecule has 1 aromatic carbocycles. The molecule has 0 bridgehead atoms. The summed E-state index contributed by atoms with van der Waals surface area (Å²) in [6.45, 7) is 2.28. The fraction of sp³-hybridized carbons (Fsp3) is 0.588. The van der Waals surface area contributed by atoms with E-state index < -0.39 is 0 Å². The monoisotopic (exact) mass is 257 g/mol. The lowest BCUT2D eigenvalue weighted by Gasteiger charge is -2.41. The van der Waals surface area contributed by atoms with Crippen molar-refractivity contribution in [2.24, 2.45) is 5.92 Å². The van der Waals surface area contributed by atoms with Crippen LogP contribution in [0.4, 0.5) is 0 Å². The van der Waals surface area contributed by atoms with Gasteiger partial charge in [-0.25, -0.2) is 0 Å². The number of carbonyl (C=O) groups excluding carboxylic acids is 1. The first-order valence-electron chi connectivity index (χ1n) is 7.57. The van der Waals surface area contributed by atoms with Gasteiger partial charge >= 0.3 is 0 Å². The minimum Gasteiger partial charge on any atom is -0.353 e. The Kier molecular flexibility index (Phi) is 3.34. The molecular weight excluding hydrogens is 234 g/mol. The molecule has 0 aliphatic heterocycles. The molecule has 2 aliphatic rings. The Morgan fingerprint density at radius 2 is 1.95 bits per heavy atom. The van der Waals surface area contributed by atoms with E-state index in [1.54, 1.807) is 0 Å². The van der Waals surface area contributed by atoms with Crippen molar-refractivity contribution in [2.45, 2.75) is 56.9 Å². The van der Waals surface area contributed by atoms with Crippen molar-refractivity contribution in [1.82, 2.24) is 5.32 Å². The molecule has 2 saturated carbocycles. The van der Waals surface area contributed by atoms with Gasteiger partial charge in [0, 0.05) is 6.04 Å². The zero-order valence-corrected chi connectivity index (χ0v) is 11.7. The fourth-order valence-electron chi connectivity index (χ4n) is 3.60. The van der Waals surface area contributed by atoms with Crippen LogP contribution in [-0.2, 0) is 10.2 Å². The van der Waals surface area contributed by atoms with Gasteiger partial charge in [-0.1, -0.05) is 43.7 Å². The number of rotatable bonds is 3. The van der Waals surface area contributed by atoms with Crippen molar-refractivity contribution in [3.8, 4) is 0 Å². The molecule has 2 unspecified atom stereocenters. The highest BCUT2D eigenvalue weighted by Gasteiger charge is 2.46. The van der Waals surface area contributed by atoms with Crippen LogP contribution in [0.15, 0.2) is 30.3 Å². The van der Waals surface area contributed by atoms with Crippen LogP contribution in [0, 0.1) is 5.92 Å². The molecule has 0 spiro atoms. The topological polar surface area (TPSA) is 29.1 Å². The van der Waals surface area contributed by atoms with Crippen LogP contribution < -0.4 is 5.32 Å². The van der Waals surface area contributed by atoms with Crippen molar-refractivity contribution >= 4 is 5.91 Å². The summed E-state index contributed by atoms with van der Waals surface area (Å²) in [4.78, 5) is 12.7. The molecule has 0 saturated heterocycles. The van der Waals surface area contributed by atoms with Crippen molar-refractivity contribution in [3.63, 3.8) is 0 Å². The predicted molar refractivity (Wildman–Crippen MR) is 76.9 cm³/mol. The van der Waals surface area contributed by atoms with E-state index in [1.165, 1.54) is 18.4 Å². The second-order valence-corrected chi connectivity index (χ2v) is 6.39. The molecule has 0 radical (unpaired) electrons. The van der Waals surface area contributed by atoms with Crippen LogP contribution in [0.25, 0.3) is 0 Å². The van der Waals surface area contributed by atoms with E-state index >= 15 is 0 Å². The van der Waals surface area contributed by atoms with Crippen LogP contribution in [0.3, 0.4) is 0 Å². The van der Waals surface area contributed by atoms with Gasteiger partial charge in [0.25, 0.3) is 0 Å². The van der Waals surface area contributed by atoms with Crippen molar-refractivity contribution < 1.29 is 4.79 Å². The lowest BCUT2D eigenvalue weighted by Crippen LogP contribution is -2.51. The van der Waals surface area contributed by atoms with E-state index in [-0.39, 0.29) is 11.3 Å². The van der Waals surface area contributed by atoms with E-state index in [2.05, 4.69) is 24.4 Å². The largest absolute Gasteiger partial charge is 0.353 e. The first-order valence-corrected chi connectivity index (χ1v) is 7.57. The van der Waals surface area contributed by atoms with Gasteiger partial charge in [-0.05, 0) is 43.6 Å². The molecule has 1 amide bonds. The van der Waals surface area contributed by atoms with Crippen LogP contribution in [0.5, 0.6) is 0 Å². The Bertz CT molecular complexity index is 450. The van der Waals surface area contributed by atoms with Crippen molar-refractivity contribution in [2.75, 3.05) is 0 Å². The maximum Gasteiger partial charge on any atom is 0.230 e. The predicted octanol–water partition coefficient (Wildman–Crippen LogP) is 3.41. The first-order chi connectivity index (χ1) is 9.21. The minimum atomic E-state index is -0.229. The molecular formula is C17H23NO. The van der Waals surface area contributed by atoms with Gasteiger partial charge in [0.1, 0.15) is 0 Å².